The Hall–Kier alpha value is -1.20. The van der Waals surface area contributed by atoms with Gasteiger partial charge in [0.25, 0.3) is 0 Å². The van der Waals surface area contributed by atoms with Gasteiger partial charge in [-0.25, -0.2) is 4.79 Å². The Labute approximate surface area is 135 Å². The van der Waals surface area contributed by atoms with E-state index in [9.17, 15) is 9.59 Å². The van der Waals surface area contributed by atoms with E-state index in [-0.39, 0.29) is 10.6 Å². The molecule has 0 unspecified atom stereocenters. The van der Waals surface area contributed by atoms with E-state index in [2.05, 4.69) is 33.9 Å². The Bertz CT molecular complexity index is 417. The number of hydrogen-bond donors (Lipinski definition) is 0. The average Bonchev–Trinajstić information content (AvgIpc) is 2.40. The molecule has 0 aliphatic heterocycles. The summed E-state index contributed by atoms with van der Waals surface area (Å²) in [4.78, 5) is 22.1. The smallest absolute Gasteiger partial charge is 0.338 e. The first-order chi connectivity index (χ1) is 10.2. The second-order valence-corrected chi connectivity index (χ2v) is 11.4. The van der Waals surface area contributed by atoms with E-state index in [1.807, 2.05) is 6.08 Å². The lowest BCUT2D eigenvalue weighted by molar-refractivity contribution is -0.138. The highest BCUT2D eigenvalue weighted by Crippen LogP contribution is 2.36. The molecule has 0 aliphatic rings. The van der Waals surface area contributed by atoms with E-state index in [0.29, 0.717) is 19.5 Å². The maximum Gasteiger partial charge on any atom is 0.338 e. The first kappa shape index (κ1) is 20.8. The maximum atomic E-state index is 11.6. The van der Waals surface area contributed by atoms with Crippen molar-refractivity contribution in [2.75, 3.05) is 13.2 Å². The summed E-state index contributed by atoms with van der Waals surface area (Å²) in [6.07, 6.45) is 7.02. The van der Waals surface area contributed by atoms with E-state index in [1.165, 1.54) is 6.08 Å². The van der Waals surface area contributed by atoms with Gasteiger partial charge in [-0.05, 0) is 44.0 Å². The van der Waals surface area contributed by atoms with Crippen LogP contribution < -0.4 is 0 Å². The van der Waals surface area contributed by atoms with Crippen molar-refractivity contribution in [3.05, 3.63) is 23.8 Å². The van der Waals surface area contributed by atoms with Crippen molar-refractivity contribution in [1.29, 1.82) is 0 Å². The van der Waals surface area contributed by atoms with Crippen LogP contribution in [0.3, 0.4) is 0 Å². The van der Waals surface area contributed by atoms with Crippen molar-refractivity contribution in [3.63, 3.8) is 0 Å². The van der Waals surface area contributed by atoms with Gasteiger partial charge in [0.05, 0.1) is 12.2 Å². The molecule has 0 amide bonds. The minimum Gasteiger partial charge on any atom is -0.462 e. The van der Waals surface area contributed by atoms with Gasteiger partial charge in [-0.15, -0.1) is 0 Å². The van der Waals surface area contributed by atoms with Crippen molar-refractivity contribution in [3.8, 4) is 0 Å². The van der Waals surface area contributed by atoms with Crippen LogP contribution in [0, 0.1) is 0 Å². The SMILES string of the molecule is CCOC(=O)C(/C=C/CCCO[Si](C)(C)C(C)(C)C)=C/C=O. The van der Waals surface area contributed by atoms with Gasteiger partial charge in [-0.1, -0.05) is 32.9 Å². The van der Waals surface area contributed by atoms with Crippen LogP contribution in [0.5, 0.6) is 0 Å². The molecule has 0 N–H and O–H groups in total. The highest BCUT2D eigenvalue weighted by atomic mass is 28.4. The summed E-state index contributed by atoms with van der Waals surface area (Å²) < 4.78 is 11.0. The average molecular weight is 327 g/mol. The van der Waals surface area contributed by atoms with Gasteiger partial charge in [0.1, 0.15) is 6.29 Å². The molecule has 0 bridgehead atoms. The van der Waals surface area contributed by atoms with Gasteiger partial charge >= 0.3 is 5.97 Å². The lowest BCUT2D eigenvalue weighted by Gasteiger charge is -2.36. The predicted octanol–water partition coefficient (Wildman–Crippen LogP) is 4.03. The van der Waals surface area contributed by atoms with Crippen molar-refractivity contribution in [2.24, 2.45) is 0 Å². The normalized spacial score (nSPS) is 13.5. The Morgan fingerprint density at radius 3 is 2.36 bits per heavy atom. The molecule has 0 aromatic carbocycles. The summed E-state index contributed by atoms with van der Waals surface area (Å²) in [5.41, 5.74) is 0.280. The van der Waals surface area contributed by atoms with Gasteiger partial charge in [0.15, 0.2) is 8.32 Å². The number of carbonyl (C=O) groups excluding carboxylic acids is 2. The number of unbranched alkanes of at least 4 members (excludes halogenated alkanes) is 1. The molecule has 4 nitrogen and oxygen atoms in total. The number of esters is 1. The van der Waals surface area contributed by atoms with Gasteiger partial charge in [0, 0.05) is 6.61 Å². The van der Waals surface area contributed by atoms with Crippen LogP contribution in [-0.4, -0.2) is 33.8 Å². The highest BCUT2D eigenvalue weighted by Gasteiger charge is 2.36. The molecular formula is C17H30O4Si. The first-order valence-electron chi connectivity index (χ1n) is 7.78. The molecule has 0 atom stereocenters. The standard InChI is InChI=1S/C17H30O4Si/c1-7-20-16(19)15(12-13-18)11-9-8-10-14-21-22(5,6)17(2,3)4/h9,11-13H,7-8,10,14H2,1-6H3/b11-9+,15-12+. The summed E-state index contributed by atoms with van der Waals surface area (Å²) in [5, 5.41) is 0.215. The zero-order valence-corrected chi connectivity index (χ0v) is 15.8. The van der Waals surface area contributed by atoms with Crippen molar-refractivity contribution in [1.82, 2.24) is 0 Å². The highest BCUT2D eigenvalue weighted by molar-refractivity contribution is 6.74. The largest absolute Gasteiger partial charge is 0.462 e. The molecule has 22 heavy (non-hydrogen) atoms. The van der Waals surface area contributed by atoms with Crippen LogP contribution in [-0.2, 0) is 18.8 Å². The van der Waals surface area contributed by atoms with Gasteiger partial charge in [-0.2, -0.15) is 0 Å². The van der Waals surface area contributed by atoms with E-state index in [0.717, 1.165) is 12.8 Å². The van der Waals surface area contributed by atoms with Crippen LogP contribution >= 0.6 is 0 Å². The molecule has 0 aromatic rings. The summed E-state index contributed by atoms with van der Waals surface area (Å²) in [5.74, 6) is -0.469. The fraction of sp³-hybridized carbons (Fsp3) is 0.647. The molecule has 0 fully saturated rings. The summed E-state index contributed by atoms with van der Waals surface area (Å²) in [6, 6.07) is 0. The van der Waals surface area contributed by atoms with Crippen LogP contribution in [0.25, 0.3) is 0 Å². The first-order valence-corrected chi connectivity index (χ1v) is 10.7. The molecule has 5 heteroatoms. The van der Waals surface area contributed by atoms with Gasteiger partial charge < -0.3 is 9.16 Å². The molecule has 0 spiro atoms. The summed E-state index contributed by atoms with van der Waals surface area (Å²) in [6.45, 7) is 13.9. The number of allylic oxidation sites excluding steroid dienone is 2. The minimum absolute atomic E-state index is 0.215. The number of hydrogen-bond acceptors (Lipinski definition) is 4. The molecule has 126 valence electrons. The number of aldehydes is 1. The monoisotopic (exact) mass is 326 g/mol. The van der Waals surface area contributed by atoms with Gasteiger partial charge in [0.2, 0.25) is 0 Å². The third-order valence-corrected chi connectivity index (χ3v) is 8.38. The molecule has 0 rings (SSSR count). The van der Waals surface area contributed by atoms with Crippen molar-refractivity contribution in [2.45, 2.75) is 58.7 Å². The van der Waals surface area contributed by atoms with Crippen molar-refractivity contribution < 1.29 is 18.8 Å². The Kier molecular flexibility index (Phi) is 9.21. The quantitative estimate of drug-likeness (QED) is 0.160. The summed E-state index contributed by atoms with van der Waals surface area (Å²) >= 11 is 0. The topological polar surface area (TPSA) is 52.6 Å². The number of carbonyl (C=O) groups is 2. The van der Waals surface area contributed by atoms with Gasteiger partial charge in [-0.3, -0.25) is 4.79 Å². The Balaban J connectivity index is 4.26. The molecule has 0 saturated carbocycles. The Morgan fingerprint density at radius 1 is 1.23 bits per heavy atom. The van der Waals surface area contributed by atoms with E-state index in [1.54, 1.807) is 13.0 Å². The molecular weight excluding hydrogens is 296 g/mol. The maximum absolute atomic E-state index is 11.6. The van der Waals surface area contributed by atoms with Crippen molar-refractivity contribution >= 4 is 20.6 Å². The molecule has 0 radical (unpaired) electrons. The third-order valence-electron chi connectivity index (χ3n) is 3.84. The second-order valence-electron chi connectivity index (χ2n) is 6.63. The zero-order chi connectivity index (χ0) is 17.2. The minimum atomic E-state index is -1.68. The third kappa shape index (κ3) is 7.71. The molecule has 0 aliphatic carbocycles. The van der Waals surface area contributed by atoms with E-state index in [4.69, 9.17) is 9.16 Å². The number of ether oxygens (including phenoxy) is 1. The van der Waals surface area contributed by atoms with Crippen LogP contribution in [0.4, 0.5) is 0 Å². The summed E-state index contributed by atoms with van der Waals surface area (Å²) in [7, 11) is -1.68. The lowest BCUT2D eigenvalue weighted by atomic mass is 10.2. The Morgan fingerprint density at radius 2 is 1.86 bits per heavy atom. The second kappa shape index (κ2) is 9.74. The van der Waals surface area contributed by atoms with Crippen LogP contribution in [0.2, 0.25) is 18.1 Å². The lowest BCUT2D eigenvalue weighted by Crippen LogP contribution is -2.40. The van der Waals surface area contributed by atoms with Crippen LogP contribution in [0.1, 0.15) is 40.5 Å². The van der Waals surface area contributed by atoms with E-state index < -0.39 is 14.3 Å². The fourth-order valence-corrected chi connectivity index (χ4v) is 2.52. The number of rotatable bonds is 9. The van der Waals surface area contributed by atoms with E-state index >= 15 is 0 Å². The molecule has 0 heterocycles. The predicted molar refractivity (Wildman–Crippen MR) is 92.3 cm³/mol. The zero-order valence-electron chi connectivity index (χ0n) is 14.8. The van der Waals surface area contributed by atoms with Crippen LogP contribution in [0.15, 0.2) is 23.8 Å². The fourth-order valence-electron chi connectivity index (χ4n) is 1.43. The molecule has 0 saturated heterocycles. The molecule has 0 aromatic heterocycles.